The molecule has 0 fully saturated rings. The van der Waals surface area contributed by atoms with Gasteiger partial charge in [-0.05, 0) is 35.4 Å². The molecule has 1 aliphatic heterocycles. The number of aromatic carboxylic acids is 1. The predicted molar refractivity (Wildman–Crippen MR) is 106 cm³/mol. The quantitative estimate of drug-likeness (QED) is 0.588. The second kappa shape index (κ2) is 7.21. The number of amides is 1. The van der Waals surface area contributed by atoms with Crippen molar-refractivity contribution in [3.05, 3.63) is 63.6 Å². The number of carbonyl (C=O) groups excluding carboxylic acids is 1. The summed E-state index contributed by atoms with van der Waals surface area (Å²) < 4.78 is 18.4. The minimum atomic E-state index is -1.13. The Morgan fingerprint density at radius 1 is 1.24 bits per heavy atom. The molecule has 0 radical (unpaired) electrons. The van der Waals surface area contributed by atoms with E-state index in [4.69, 9.17) is 4.74 Å². The van der Waals surface area contributed by atoms with Crippen molar-refractivity contribution < 1.29 is 28.9 Å². The number of thiophene rings is 1. The highest BCUT2D eigenvalue weighted by atomic mass is 32.1. The lowest BCUT2D eigenvalue weighted by Crippen LogP contribution is -2.22. The maximum Gasteiger partial charge on any atom is 0.346 e. The Morgan fingerprint density at radius 3 is 2.59 bits per heavy atom. The van der Waals surface area contributed by atoms with Gasteiger partial charge in [0.15, 0.2) is 11.5 Å². The van der Waals surface area contributed by atoms with Crippen LogP contribution in [0.4, 0.5) is 10.1 Å². The molecule has 0 spiro atoms. The lowest BCUT2D eigenvalue weighted by molar-refractivity contribution is -0.116. The van der Waals surface area contributed by atoms with Gasteiger partial charge in [-0.1, -0.05) is 18.2 Å². The van der Waals surface area contributed by atoms with E-state index in [-0.39, 0.29) is 23.0 Å². The Hall–Kier alpha value is -3.39. The van der Waals surface area contributed by atoms with Gasteiger partial charge in [-0.25, -0.2) is 9.18 Å². The molecule has 1 atom stereocenters. The first kappa shape index (κ1) is 18.9. The van der Waals surface area contributed by atoms with Crippen molar-refractivity contribution in [3.63, 3.8) is 0 Å². The van der Waals surface area contributed by atoms with Crippen LogP contribution in [-0.4, -0.2) is 29.2 Å². The number of aromatic hydroxyl groups is 1. The van der Waals surface area contributed by atoms with Crippen LogP contribution in [-0.2, 0) is 4.79 Å². The molecule has 1 amide bonds. The molecule has 148 valence electrons. The average molecular weight is 413 g/mol. The molecule has 4 rings (SSSR count). The van der Waals surface area contributed by atoms with Crippen LogP contribution in [0.15, 0.2) is 42.5 Å². The van der Waals surface area contributed by atoms with E-state index < -0.39 is 17.7 Å². The van der Waals surface area contributed by atoms with Crippen LogP contribution < -0.4 is 10.1 Å². The second-order valence-corrected chi connectivity index (χ2v) is 7.65. The molecule has 0 saturated carbocycles. The van der Waals surface area contributed by atoms with E-state index in [0.29, 0.717) is 33.0 Å². The number of halogens is 1. The third-order valence-corrected chi connectivity index (χ3v) is 6.13. The molecule has 0 saturated heterocycles. The van der Waals surface area contributed by atoms with Crippen molar-refractivity contribution in [1.29, 1.82) is 0 Å². The number of anilines is 1. The van der Waals surface area contributed by atoms with Crippen molar-refractivity contribution in [2.45, 2.75) is 12.3 Å². The fraction of sp³-hybridized carbons (Fsp3) is 0.143. The Kier molecular flexibility index (Phi) is 4.71. The van der Waals surface area contributed by atoms with Gasteiger partial charge >= 0.3 is 5.97 Å². The maximum absolute atomic E-state index is 13.4. The molecule has 6 nitrogen and oxygen atoms in total. The number of phenols is 1. The van der Waals surface area contributed by atoms with Gasteiger partial charge in [0, 0.05) is 22.8 Å². The highest BCUT2D eigenvalue weighted by Crippen LogP contribution is 2.50. The van der Waals surface area contributed by atoms with E-state index in [1.807, 2.05) is 0 Å². The zero-order chi connectivity index (χ0) is 20.7. The Morgan fingerprint density at radius 2 is 1.97 bits per heavy atom. The molecule has 0 unspecified atom stereocenters. The molecular formula is C21H16FNO5S. The summed E-state index contributed by atoms with van der Waals surface area (Å²) in [4.78, 5) is 25.1. The first-order valence-corrected chi connectivity index (χ1v) is 9.53. The van der Waals surface area contributed by atoms with Crippen LogP contribution >= 0.6 is 11.3 Å². The largest absolute Gasteiger partial charge is 0.504 e. The lowest BCUT2D eigenvalue weighted by Gasteiger charge is -2.24. The van der Waals surface area contributed by atoms with Crippen molar-refractivity contribution in [3.8, 4) is 22.6 Å². The normalized spacial score (nSPS) is 15.5. The van der Waals surface area contributed by atoms with Crippen LogP contribution in [0.1, 0.15) is 32.5 Å². The minimum absolute atomic E-state index is 0.0616. The van der Waals surface area contributed by atoms with Gasteiger partial charge < -0.3 is 20.3 Å². The van der Waals surface area contributed by atoms with Crippen LogP contribution in [0.5, 0.6) is 11.5 Å². The zero-order valence-corrected chi connectivity index (χ0v) is 16.0. The Labute approximate surface area is 169 Å². The number of rotatable bonds is 4. The van der Waals surface area contributed by atoms with Crippen molar-refractivity contribution in [2.24, 2.45) is 0 Å². The molecule has 0 aliphatic carbocycles. The topological polar surface area (TPSA) is 95.9 Å². The summed E-state index contributed by atoms with van der Waals surface area (Å²) in [5.41, 5.74) is 1.94. The highest BCUT2D eigenvalue weighted by molar-refractivity contribution is 7.15. The zero-order valence-electron chi connectivity index (χ0n) is 15.2. The highest BCUT2D eigenvalue weighted by Gasteiger charge is 2.34. The van der Waals surface area contributed by atoms with Gasteiger partial charge in [-0.15, -0.1) is 11.3 Å². The number of carboxylic acids is 1. The third kappa shape index (κ3) is 3.31. The molecule has 2 heterocycles. The Balaban J connectivity index is 1.90. The predicted octanol–water partition coefficient (Wildman–Crippen LogP) is 4.44. The summed E-state index contributed by atoms with van der Waals surface area (Å²) in [6.45, 7) is 0. The minimum Gasteiger partial charge on any atom is -0.504 e. The number of methoxy groups -OCH3 is 1. The molecule has 0 bridgehead atoms. The maximum atomic E-state index is 13.4. The summed E-state index contributed by atoms with van der Waals surface area (Å²) in [6, 6.07) is 10.3. The van der Waals surface area contributed by atoms with E-state index in [9.17, 15) is 24.2 Å². The van der Waals surface area contributed by atoms with Crippen molar-refractivity contribution in [1.82, 2.24) is 0 Å². The van der Waals surface area contributed by atoms with E-state index >= 15 is 0 Å². The van der Waals surface area contributed by atoms with Gasteiger partial charge in [-0.2, -0.15) is 0 Å². The Bertz CT molecular complexity index is 1120. The second-order valence-electron chi connectivity index (χ2n) is 6.59. The van der Waals surface area contributed by atoms with Gasteiger partial charge in [0.2, 0.25) is 5.91 Å². The molecule has 8 heteroatoms. The number of phenolic OH excluding ortho intramolecular Hbond substituents is 1. The van der Waals surface area contributed by atoms with Crippen LogP contribution in [0.25, 0.3) is 11.1 Å². The molecule has 3 N–H and O–H groups in total. The van der Waals surface area contributed by atoms with Crippen LogP contribution in [0.3, 0.4) is 0 Å². The monoisotopic (exact) mass is 413 g/mol. The summed E-state index contributed by atoms with van der Waals surface area (Å²) in [5, 5.41) is 22.7. The van der Waals surface area contributed by atoms with Gasteiger partial charge in [0.05, 0.1) is 12.8 Å². The number of hydrogen-bond acceptors (Lipinski definition) is 5. The van der Waals surface area contributed by atoms with Crippen LogP contribution in [0, 0.1) is 5.82 Å². The third-order valence-electron chi connectivity index (χ3n) is 4.84. The molecular weight excluding hydrogens is 397 g/mol. The number of ether oxygens (including phenoxy) is 1. The van der Waals surface area contributed by atoms with E-state index in [0.717, 1.165) is 11.3 Å². The fourth-order valence-electron chi connectivity index (χ4n) is 3.52. The first-order valence-electron chi connectivity index (χ1n) is 8.71. The molecule has 1 aromatic heterocycles. The molecule has 29 heavy (non-hydrogen) atoms. The summed E-state index contributed by atoms with van der Waals surface area (Å²) >= 11 is 1.07. The molecule has 3 aromatic rings. The summed E-state index contributed by atoms with van der Waals surface area (Å²) in [7, 11) is 1.44. The first-order chi connectivity index (χ1) is 13.9. The standard InChI is InChI=1S/C21H16FNO5S/c1-28-15-7-4-11(8-14(15)24)13-9-16(25)23-18-17(10-2-5-12(22)6-3-10)20(21(26)27)29-19(13)18/h2-8,13,24H,9H2,1H3,(H,23,25)(H,26,27)/t13-/m0/s1. The SMILES string of the molecule is COc1ccc([C@@H]2CC(=O)Nc3c2sc(C(=O)O)c3-c2ccc(F)cc2)cc1O. The summed E-state index contributed by atoms with van der Waals surface area (Å²) in [5.74, 6) is -2.02. The number of carbonyl (C=O) groups is 2. The number of nitrogens with one attached hydrogen (secondary N) is 1. The number of benzene rings is 2. The number of hydrogen-bond donors (Lipinski definition) is 3. The van der Waals surface area contributed by atoms with Gasteiger partial charge in [-0.3, -0.25) is 4.79 Å². The van der Waals surface area contributed by atoms with E-state index in [1.165, 1.54) is 37.4 Å². The van der Waals surface area contributed by atoms with Crippen LogP contribution in [0.2, 0.25) is 0 Å². The number of carboxylic acid groups (broad SMARTS) is 1. The van der Waals surface area contributed by atoms with Gasteiger partial charge in [0.1, 0.15) is 10.7 Å². The molecule has 2 aromatic carbocycles. The number of fused-ring (bicyclic) bond motifs is 1. The van der Waals surface area contributed by atoms with Gasteiger partial charge in [0.25, 0.3) is 0 Å². The van der Waals surface area contributed by atoms with Crippen molar-refractivity contribution >= 4 is 28.9 Å². The van der Waals surface area contributed by atoms with E-state index in [2.05, 4.69) is 5.32 Å². The summed E-state index contributed by atoms with van der Waals surface area (Å²) in [6.07, 6.45) is 0.112. The van der Waals surface area contributed by atoms with Crippen molar-refractivity contribution in [2.75, 3.05) is 12.4 Å². The average Bonchev–Trinajstić information content (AvgIpc) is 3.07. The molecule has 1 aliphatic rings. The van der Waals surface area contributed by atoms with E-state index in [1.54, 1.807) is 12.1 Å². The smallest absolute Gasteiger partial charge is 0.346 e. The fourth-order valence-corrected chi connectivity index (χ4v) is 4.77. The lowest BCUT2D eigenvalue weighted by atomic mass is 9.88.